The number of nitrogens with zero attached hydrogens (tertiary/aromatic N) is 1. The Labute approximate surface area is 145 Å². The van der Waals surface area contributed by atoms with E-state index in [0.29, 0.717) is 11.6 Å². The molecule has 0 radical (unpaired) electrons. The SMILES string of the molecule is CS(=O)(=O)N(CC(=O)NC1CC2CCC1C2)c1ccc(Br)cc1. The maximum atomic E-state index is 12.3. The number of nitrogens with one attached hydrogen (secondary N) is 1. The number of carbonyl (C=O) groups is 1. The van der Waals surface area contributed by atoms with Crippen molar-refractivity contribution in [1.82, 2.24) is 5.32 Å². The summed E-state index contributed by atoms with van der Waals surface area (Å²) in [6, 6.07) is 7.13. The van der Waals surface area contributed by atoms with Gasteiger partial charge in [-0.3, -0.25) is 9.10 Å². The number of benzene rings is 1. The van der Waals surface area contributed by atoms with Crippen LogP contribution in [0, 0.1) is 11.8 Å². The van der Waals surface area contributed by atoms with E-state index in [1.807, 2.05) is 0 Å². The molecule has 1 aromatic carbocycles. The molecule has 1 aromatic rings. The molecule has 3 rings (SSSR count). The minimum atomic E-state index is -3.51. The number of carbonyl (C=O) groups excluding carboxylic acids is 1. The summed E-state index contributed by atoms with van der Waals surface area (Å²) in [4.78, 5) is 12.3. The van der Waals surface area contributed by atoms with Crippen molar-refractivity contribution in [2.24, 2.45) is 11.8 Å². The van der Waals surface area contributed by atoms with Crippen molar-refractivity contribution in [2.45, 2.75) is 31.7 Å². The van der Waals surface area contributed by atoms with Crippen molar-refractivity contribution < 1.29 is 13.2 Å². The van der Waals surface area contributed by atoms with Gasteiger partial charge in [0.05, 0.1) is 11.9 Å². The van der Waals surface area contributed by atoms with Crippen LogP contribution in [0.4, 0.5) is 5.69 Å². The Balaban J connectivity index is 1.69. The molecule has 0 saturated heterocycles. The van der Waals surface area contributed by atoms with Crippen molar-refractivity contribution in [3.63, 3.8) is 0 Å². The molecule has 23 heavy (non-hydrogen) atoms. The normalized spacial score (nSPS) is 26.3. The fourth-order valence-electron chi connectivity index (χ4n) is 3.81. The minimum absolute atomic E-state index is 0.172. The Bertz CT molecular complexity index is 690. The van der Waals surface area contributed by atoms with Crippen LogP contribution in [-0.4, -0.2) is 33.2 Å². The molecule has 2 aliphatic carbocycles. The van der Waals surface area contributed by atoms with Crippen LogP contribution in [0.5, 0.6) is 0 Å². The smallest absolute Gasteiger partial charge is 0.241 e. The summed E-state index contributed by atoms with van der Waals surface area (Å²) in [5, 5.41) is 3.04. The molecule has 3 atom stereocenters. The Morgan fingerprint density at radius 2 is 1.96 bits per heavy atom. The Hall–Kier alpha value is -1.08. The monoisotopic (exact) mass is 400 g/mol. The number of anilines is 1. The molecule has 0 aliphatic heterocycles. The number of rotatable bonds is 5. The van der Waals surface area contributed by atoms with E-state index in [2.05, 4.69) is 21.2 Å². The summed E-state index contributed by atoms with van der Waals surface area (Å²) < 4.78 is 26.1. The minimum Gasteiger partial charge on any atom is -0.352 e. The number of hydrogen-bond donors (Lipinski definition) is 1. The van der Waals surface area contributed by atoms with Gasteiger partial charge in [0.15, 0.2) is 0 Å². The van der Waals surface area contributed by atoms with Crippen molar-refractivity contribution in [3.05, 3.63) is 28.7 Å². The number of fused-ring (bicyclic) bond motifs is 2. The highest BCUT2D eigenvalue weighted by molar-refractivity contribution is 9.10. The first-order valence-corrected chi connectivity index (χ1v) is 10.5. The lowest BCUT2D eigenvalue weighted by Gasteiger charge is -2.26. The Kier molecular flexibility index (Phi) is 4.69. The Morgan fingerprint density at radius 1 is 1.26 bits per heavy atom. The largest absolute Gasteiger partial charge is 0.352 e. The second-order valence-corrected chi connectivity index (χ2v) is 9.42. The Morgan fingerprint density at radius 3 is 2.48 bits per heavy atom. The van der Waals surface area contributed by atoms with Gasteiger partial charge in [0.2, 0.25) is 15.9 Å². The molecule has 2 fully saturated rings. The average Bonchev–Trinajstić information content (AvgIpc) is 3.07. The van der Waals surface area contributed by atoms with Crippen molar-refractivity contribution in [1.29, 1.82) is 0 Å². The first kappa shape index (κ1) is 16.8. The molecule has 3 unspecified atom stereocenters. The first-order chi connectivity index (χ1) is 10.8. The van der Waals surface area contributed by atoms with Crippen LogP contribution >= 0.6 is 15.9 Å². The van der Waals surface area contributed by atoms with E-state index < -0.39 is 10.0 Å². The molecular weight excluding hydrogens is 380 g/mol. The molecule has 7 heteroatoms. The van der Waals surface area contributed by atoms with Crippen LogP contribution in [0.1, 0.15) is 25.7 Å². The molecule has 1 amide bonds. The number of amides is 1. The lowest BCUT2D eigenvalue weighted by Crippen LogP contribution is -2.45. The number of sulfonamides is 1. The first-order valence-electron chi connectivity index (χ1n) is 7.85. The highest BCUT2D eigenvalue weighted by Crippen LogP contribution is 2.44. The highest BCUT2D eigenvalue weighted by atomic mass is 79.9. The third-order valence-corrected chi connectivity index (χ3v) is 6.56. The molecule has 2 bridgehead atoms. The molecule has 0 aromatic heterocycles. The lowest BCUT2D eigenvalue weighted by atomic mass is 9.95. The van der Waals surface area contributed by atoms with Crippen molar-refractivity contribution in [2.75, 3.05) is 17.1 Å². The van der Waals surface area contributed by atoms with Gasteiger partial charge in [-0.15, -0.1) is 0 Å². The van der Waals surface area contributed by atoms with Crippen molar-refractivity contribution >= 4 is 37.5 Å². The maximum absolute atomic E-state index is 12.3. The second-order valence-electron chi connectivity index (χ2n) is 6.59. The van der Waals surface area contributed by atoms with E-state index in [1.165, 1.54) is 19.3 Å². The van der Waals surface area contributed by atoms with E-state index in [-0.39, 0.29) is 18.5 Å². The van der Waals surface area contributed by atoms with Gasteiger partial charge in [-0.05, 0) is 55.4 Å². The van der Waals surface area contributed by atoms with Crippen LogP contribution in [0.25, 0.3) is 0 Å². The molecule has 2 saturated carbocycles. The third-order valence-electron chi connectivity index (χ3n) is 4.89. The van der Waals surface area contributed by atoms with Gasteiger partial charge in [-0.25, -0.2) is 8.42 Å². The van der Waals surface area contributed by atoms with Crippen LogP contribution < -0.4 is 9.62 Å². The topological polar surface area (TPSA) is 66.5 Å². The van der Waals surface area contributed by atoms with E-state index in [0.717, 1.165) is 27.4 Å². The predicted octanol–water partition coefficient (Wildman–Crippen LogP) is 2.52. The van der Waals surface area contributed by atoms with Gasteiger partial charge < -0.3 is 5.32 Å². The molecule has 0 heterocycles. The molecule has 126 valence electrons. The van der Waals surface area contributed by atoms with Gasteiger partial charge in [-0.2, -0.15) is 0 Å². The highest BCUT2D eigenvalue weighted by Gasteiger charge is 2.40. The van der Waals surface area contributed by atoms with Gasteiger partial charge in [0, 0.05) is 10.5 Å². The molecular formula is C16H21BrN2O3S. The van der Waals surface area contributed by atoms with Gasteiger partial charge in [-0.1, -0.05) is 22.4 Å². The lowest BCUT2D eigenvalue weighted by molar-refractivity contribution is -0.120. The maximum Gasteiger partial charge on any atom is 0.241 e. The molecule has 5 nitrogen and oxygen atoms in total. The van der Waals surface area contributed by atoms with Gasteiger partial charge in [0.1, 0.15) is 6.54 Å². The number of hydrogen-bond acceptors (Lipinski definition) is 3. The molecule has 1 N–H and O–H groups in total. The summed E-state index contributed by atoms with van der Waals surface area (Å²) in [5.74, 6) is 1.09. The zero-order chi connectivity index (χ0) is 16.6. The molecule has 0 spiro atoms. The zero-order valence-electron chi connectivity index (χ0n) is 13.0. The summed E-state index contributed by atoms with van der Waals surface area (Å²) in [7, 11) is -3.51. The summed E-state index contributed by atoms with van der Waals surface area (Å²) in [6.45, 7) is -0.172. The van der Waals surface area contributed by atoms with E-state index in [1.54, 1.807) is 24.3 Å². The van der Waals surface area contributed by atoms with Crippen LogP contribution in [0.3, 0.4) is 0 Å². The summed E-state index contributed by atoms with van der Waals surface area (Å²) in [5.41, 5.74) is 0.499. The summed E-state index contributed by atoms with van der Waals surface area (Å²) >= 11 is 3.33. The fourth-order valence-corrected chi connectivity index (χ4v) is 4.93. The fraction of sp³-hybridized carbons (Fsp3) is 0.562. The van der Waals surface area contributed by atoms with Gasteiger partial charge in [0.25, 0.3) is 0 Å². The van der Waals surface area contributed by atoms with E-state index in [9.17, 15) is 13.2 Å². The van der Waals surface area contributed by atoms with E-state index in [4.69, 9.17) is 0 Å². The average molecular weight is 401 g/mol. The number of halogens is 1. The van der Waals surface area contributed by atoms with Gasteiger partial charge >= 0.3 is 0 Å². The standard InChI is InChI=1S/C16H21BrN2O3S/c1-23(21,22)19(14-6-4-13(17)5-7-14)10-16(20)18-15-9-11-2-3-12(15)8-11/h4-7,11-12,15H,2-3,8-10H2,1H3,(H,18,20). The van der Waals surface area contributed by atoms with Crippen LogP contribution in [-0.2, 0) is 14.8 Å². The summed E-state index contributed by atoms with van der Waals surface area (Å²) in [6.07, 6.45) is 5.81. The quantitative estimate of drug-likeness (QED) is 0.825. The zero-order valence-corrected chi connectivity index (χ0v) is 15.4. The van der Waals surface area contributed by atoms with Crippen LogP contribution in [0.15, 0.2) is 28.7 Å². The van der Waals surface area contributed by atoms with E-state index >= 15 is 0 Å². The van der Waals surface area contributed by atoms with Crippen LogP contribution in [0.2, 0.25) is 0 Å². The predicted molar refractivity (Wildman–Crippen MR) is 93.7 cm³/mol. The third kappa shape index (κ3) is 3.88. The second kappa shape index (κ2) is 6.43. The molecule has 2 aliphatic rings. The van der Waals surface area contributed by atoms with Crippen molar-refractivity contribution in [3.8, 4) is 0 Å².